The molecule has 2 aromatic carbocycles. The van der Waals surface area contributed by atoms with E-state index in [9.17, 15) is 9.18 Å². The highest BCUT2D eigenvalue weighted by Crippen LogP contribution is 2.20. The summed E-state index contributed by atoms with van der Waals surface area (Å²) in [7, 11) is 0. The summed E-state index contributed by atoms with van der Waals surface area (Å²) >= 11 is 9.02. The van der Waals surface area contributed by atoms with Crippen LogP contribution in [0.5, 0.6) is 0 Å². The highest BCUT2D eigenvalue weighted by Gasteiger charge is 2.10. The zero-order chi connectivity index (χ0) is 15.4. The summed E-state index contributed by atoms with van der Waals surface area (Å²) < 4.78 is 14.0. The molecule has 0 saturated heterocycles. The van der Waals surface area contributed by atoms with Crippen LogP contribution in [0.2, 0.25) is 5.02 Å². The standard InChI is InChI=1S/C15H13BrClFN2O/c1-9(10-2-4-11(16)5-3-10)19-15(21)20-12-6-7-14(18)13(17)8-12/h2-9H,1H3,(H2,19,20,21). The van der Waals surface area contributed by atoms with Crippen LogP contribution in [0.15, 0.2) is 46.9 Å². The first-order chi connectivity index (χ1) is 9.95. The summed E-state index contributed by atoms with van der Waals surface area (Å²) in [4.78, 5) is 11.9. The summed E-state index contributed by atoms with van der Waals surface area (Å²) in [5, 5.41) is 5.37. The van der Waals surface area contributed by atoms with E-state index in [-0.39, 0.29) is 17.1 Å². The van der Waals surface area contributed by atoms with Gasteiger partial charge in [-0.3, -0.25) is 0 Å². The van der Waals surface area contributed by atoms with Crippen LogP contribution < -0.4 is 10.6 Å². The molecule has 2 amide bonds. The van der Waals surface area contributed by atoms with E-state index in [2.05, 4.69) is 26.6 Å². The summed E-state index contributed by atoms with van der Waals surface area (Å²) in [6, 6.07) is 11.1. The van der Waals surface area contributed by atoms with E-state index in [0.717, 1.165) is 10.0 Å². The Morgan fingerprint density at radius 2 is 1.90 bits per heavy atom. The number of amides is 2. The third-order valence-corrected chi connectivity index (χ3v) is 3.71. The van der Waals surface area contributed by atoms with E-state index in [0.29, 0.717) is 5.69 Å². The van der Waals surface area contributed by atoms with E-state index < -0.39 is 5.82 Å². The van der Waals surface area contributed by atoms with Crippen LogP contribution in [0.1, 0.15) is 18.5 Å². The van der Waals surface area contributed by atoms with Crippen molar-refractivity contribution in [1.29, 1.82) is 0 Å². The van der Waals surface area contributed by atoms with Crippen molar-refractivity contribution in [2.75, 3.05) is 5.32 Å². The fraction of sp³-hybridized carbons (Fsp3) is 0.133. The zero-order valence-electron chi connectivity index (χ0n) is 11.2. The predicted octanol–water partition coefficient (Wildman–Crippen LogP) is 5.12. The molecule has 2 rings (SSSR count). The molecular weight excluding hydrogens is 359 g/mol. The molecule has 1 unspecified atom stereocenters. The van der Waals surface area contributed by atoms with Crippen molar-refractivity contribution in [1.82, 2.24) is 5.32 Å². The summed E-state index contributed by atoms with van der Waals surface area (Å²) in [6.07, 6.45) is 0. The van der Waals surface area contributed by atoms with Crippen LogP contribution in [-0.2, 0) is 0 Å². The summed E-state index contributed by atoms with van der Waals surface area (Å²) in [5.74, 6) is -0.522. The molecule has 0 aliphatic heterocycles. The van der Waals surface area contributed by atoms with Crippen LogP contribution in [0, 0.1) is 5.82 Å². The molecule has 0 bridgehead atoms. The van der Waals surface area contributed by atoms with Crippen LogP contribution in [-0.4, -0.2) is 6.03 Å². The lowest BCUT2D eigenvalue weighted by Gasteiger charge is -2.15. The fourth-order valence-electron chi connectivity index (χ4n) is 1.77. The Kier molecular flexibility index (Phi) is 5.20. The second-order valence-electron chi connectivity index (χ2n) is 4.50. The molecule has 0 heterocycles. The number of halogens is 3. The Bertz CT molecular complexity index is 649. The van der Waals surface area contributed by atoms with Gasteiger partial charge in [-0.05, 0) is 42.8 Å². The summed E-state index contributed by atoms with van der Waals surface area (Å²) in [6.45, 7) is 1.88. The van der Waals surface area contributed by atoms with Crippen molar-refractivity contribution in [3.8, 4) is 0 Å². The van der Waals surface area contributed by atoms with Crippen molar-refractivity contribution >= 4 is 39.2 Å². The first kappa shape index (κ1) is 15.8. The van der Waals surface area contributed by atoms with E-state index in [4.69, 9.17) is 11.6 Å². The lowest BCUT2D eigenvalue weighted by Crippen LogP contribution is -2.31. The highest BCUT2D eigenvalue weighted by atomic mass is 79.9. The smallest absolute Gasteiger partial charge is 0.319 e. The molecule has 0 saturated carbocycles. The monoisotopic (exact) mass is 370 g/mol. The van der Waals surface area contributed by atoms with E-state index in [1.165, 1.54) is 18.2 Å². The first-order valence-electron chi connectivity index (χ1n) is 6.24. The number of hydrogen-bond acceptors (Lipinski definition) is 1. The number of hydrogen-bond donors (Lipinski definition) is 2. The van der Waals surface area contributed by atoms with Crippen molar-refractivity contribution < 1.29 is 9.18 Å². The van der Waals surface area contributed by atoms with Gasteiger partial charge in [0.2, 0.25) is 0 Å². The highest BCUT2D eigenvalue weighted by molar-refractivity contribution is 9.10. The largest absolute Gasteiger partial charge is 0.331 e. The lowest BCUT2D eigenvalue weighted by atomic mass is 10.1. The van der Waals surface area contributed by atoms with Gasteiger partial charge in [0.05, 0.1) is 11.1 Å². The number of rotatable bonds is 3. The normalized spacial score (nSPS) is 11.8. The van der Waals surface area contributed by atoms with Gasteiger partial charge in [-0.15, -0.1) is 0 Å². The quantitative estimate of drug-likeness (QED) is 0.772. The number of nitrogens with one attached hydrogen (secondary N) is 2. The first-order valence-corrected chi connectivity index (χ1v) is 7.41. The van der Waals surface area contributed by atoms with Crippen molar-refractivity contribution in [2.24, 2.45) is 0 Å². The summed E-state index contributed by atoms with van der Waals surface area (Å²) in [5.41, 5.74) is 1.41. The molecule has 21 heavy (non-hydrogen) atoms. The Labute approximate surface area is 135 Å². The SMILES string of the molecule is CC(NC(=O)Nc1ccc(F)c(Cl)c1)c1ccc(Br)cc1. The fourth-order valence-corrected chi connectivity index (χ4v) is 2.22. The second kappa shape index (κ2) is 6.91. The molecule has 110 valence electrons. The molecular formula is C15H13BrClFN2O. The molecule has 0 aliphatic rings. The molecule has 0 spiro atoms. The van der Waals surface area contributed by atoms with Crippen molar-refractivity contribution in [2.45, 2.75) is 13.0 Å². The third-order valence-electron chi connectivity index (χ3n) is 2.90. The van der Waals surface area contributed by atoms with E-state index in [1.807, 2.05) is 31.2 Å². The van der Waals surface area contributed by atoms with Gasteiger partial charge in [0.25, 0.3) is 0 Å². The minimum Gasteiger partial charge on any atom is -0.331 e. The lowest BCUT2D eigenvalue weighted by molar-refractivity contribution is 0.249. The molecule has 0 aliphatic carbocycles. The van der Waals surface area contributed by atoms with Crippen molar-refractivity contribution in [3.63, 3.8) is 0 Å². The molecule has 0 fully saturated rings. The van der Waals surface area contributed by atoms with Gasteiger partial charge in [-0.1, -0.05) is 39.7 Å². The number of anilines is 1. The number of carbonyl (C=O) groups excluding carboxylic acids is 1. The van der Waals surface area contributed by atoms with Crippen LogP contribution in [0.4, 0.5) is 14.9 Å². The number of urea groups is 1. The Balaban J connectivity index is 1.97. The maximum Gasteiger partial charge on any atom is 0.319 e. The maximum atomic E-state index is 13.0. The van der Waals surface area contributed by atoms with Gasteiger partial charge in [0.1, 0.15) is 5.82 Å². The molecule has 6 heteroatoms. The number of carbonyl (C=O) groups is 1. The van der Waals surface area contributed by atoms with Gasteiger partial charge < -0.3 is 10.6 Å². The molecule has 0 aromatic heterocycles. The average molecular weight is 372 g/mol. The predicted molar refractivity (Wildman–Crippen MR) is 86.1 cm³/mol. The van der Waals surface area contributed by atoms with Gasteiger partial charge in [-0.25, -0.2) is 9.18 Å². The van der Waals surface area contributed by atoms with Crippen LogP contribution in [0.25, 0.3) is 0 Å². The van der Waals surface area contributed by atoms with Gasteiger partial charge in [0.15, 0.2) is 0 Å². The van der Waals surface area contributed by atoms with Gasteiger partial charge in [0, 0.05) is 10.2 Å². The van der Waals surface area contributed by atoms with Crippen LogP contribution in [0.3, 0.4) is 0 Å². The Morgan fingerprint density at radius 3 is 2.52 bits per heavy atom. The molecule has 2 N–H and O–H groups in total. The molecule has 2 aromatic rings. The van der Waals surface area contributed by atoms with Crippen molar-refractivity contribution in [3.05, 3.63) is 63.3 Å². The van der Waals surface area contributed by atoms with E-state index >= 15 is 0 Å². The topological polar surface area (TPSA) is 41.1 Å². The van der Waals surface area contributed by atoms with E-state index in [1.54, 1.807) is 0 Å². The van der Waals surface area contributed by atoms with Gasteiger partial charge >= 0.3 is 6.03 Å². The Morgan fingerprint density at radius 1 is 1.24 bits per heavy atom. The minimum absolute atomic E-state index is 0.0336. The molecule has 0 radical (unpaired) electrons. The average Bonchev–Trinajstić information content (AvgIpc) is 2.43. The molecule has 3 nitrogen and oxygen atoms in total. The maximum absolute atomic E-state index is 13.0. The molecule has 1 atom stereocenters. The minimum atomic E-state index is -0.522. The Hall–Kier alpha value is -1.59. The number of benzene rings is 2. The third kappa shape index (κ3) is 4.44. The van der Waals surface area contributed by atoms with Gasteiger partial charge in [-0.2, -0.15) is 0 Å². The zero-order valence-corrected chi connectivity index (χ0v) is 13.5. The second-order valence-corrected chi connectivity index (χ2v) is 5.82. The van der Waals surface area contributed by atoms with Crippen LogP contribution >= 0.6 is 27.5 Å².